The molecule has 104 valence electrons. The number of aliphatic hydroxyl groups is 1. The molecule has 1 N–H and O–H groups in total. The lowest BCUT2D eigenvalue weighted by molar-refractivity contribution is -0.114. The number of carbonyl (C=O) groups excluding carboxylic acids is 1. The second-order valence-corrected chi connectivity index (χ2v) is 4.81. The van der Waals surface area contributed by atoms with Gasteiger partial charge in [0.1, 0.15) is 5.78 Å². The molecule has 17 heavy (non-hydrogen) atoms. The number of carbonyl (C=O) groups is 1. The van der Waals surface area contributed by atoms with Gasteiger partial charge >= 0.3 is 0 Å². The lowest BCUT2D eigenvalue weighted by atomic mass is 10.1. The summed E-state index contributed by atoms with van der Waals surface area (Å²) in [6.45, 7) is 5.69. The number of rotatable bonds is 10. The molecule has 0 aliphatic carbocycles. The predicted octanol–water partition coefficient (Wildman–Crippen LogP) is 4.49. The van der Waals surface area contributed by atoms with Crippen LogP contribution in [0.25, 0.3) is 0 Å². The largest absolute Gasteiger partial charge is 0.396 e. The lowest BCUT2D eigenvalue weighted by Crippen LogP contribution is -1.84. The molecule has 0 fully saturated rings. The summed E-state index contributed by atoms with van der Waals surface area (Å²) in [5.74, 6) is 0.167. The van der Waals surface area contributed by atoms with E-state index in [0.29, 0.717) is 6.61 Å². The molecule has 0 aliphatic rings. The predicted molar refractivity (Wildman–Crippen MR) is 75.3 cm³/mol. The van der Waals surface area contributed by atoms with Crippen molar-refractivity contribution in [2.45, 2.75) is 85.0 Å². The molecule has 2 nitrogen and oxygen atoms in total. The lowest BCUT2D eigenvalue weighted by Gasteiger charge is -2.00. The van der Waals surface area contributed by atoms with Gasteiger partial charge in [-0.05, 0) is 20.3 Å². The first-order chi connectivity index (χ1) is 8.15. The SMILES string of the molecule is CC(C)=O.CCCCCCCCCCCCO. The highest BCUT2D eigenvalue weighted by atomic mass is 16.2. The summed E-state index contributed by atoms with van der Waals surface area (Å²) in [4.78, 5) is 9.44. The van der Waals surface area contributed by atoms with Gasteiger partial charge in [-0.2, -0.15) is 0 Å². The fourth-order valence-corrected chi connectivity index (χ4v) is 1.60. The van der Waals surface area contributed by atoms with Crippen LogP contribution in [0.2, 0.25) is 0 Å². The van der Waals surface area contributed by atoms with Gasteiger partial charge in [0, 0.05) is 6.61 Å². The molecular weight excluding hydrogens is 212 g/mol. The van der Waals surface area contributed by atoms with Crippen molar-refractivity contribution in [3.05, 3.63) is 0 Å². The molecule has 0 saturated carbocycles. The highest BCUT2D eigenvalue weighted by Gasteiger charge is 1.91. The molecule has 0 unspecified atom stereocenters. The Morgan fingerprint density at radius 2 is 1.06 bits per heavy atom. The third kappa shape index (κ3) is 31.3. The Kier molecular flexibility index (Phi) is 20.1. The molecular formula is C15H32O2. The normalized spacial score (nSPS) is 9.65. The smallest absolute Gasteiger partial charge is 0.126 e. The number of Topliss-reactive ketones (excluding diaryl/α,β-unsaturated/α-hetero) is 1. The minimum absolute atomic E-state index is 0.167. The second-order valence-electron chi connectivity index (χ2n) is 4.81. The van der Waals surface area contributed by atoms with E-state index < -0.39 is 0 Å². The number of aliphatic hydroxyl groups excluding tert-OH is 1. The van der Waals surface area contributed by atoms with Crippen molar-refractivity contribution >= 4 is 5.78 Å². The van der Waals surface area contributed by atoms with Crippen molar-refractivity contribution in [2.24, 2.45) is 0 Å². The number of hydrogen-bond donors (Lipinski definition) is 1. The van der Waals surface area contributed by atoms with Gasteiger partial charge in [0.2, 0.25) is 0 Å². The van der Waals surface area contributed by atoms with Crippen LogP contribution in [0.4, 0.5) is 0 Å². The van der Waals surface area contributed by atoms with Crippen LogP contribution in [0.1, 0.15) is 85.0 Å². The molecule has 0 spiro atoms. The van der Waals surface area contributed by atoms with Gasteiger partial charge in [-0.25, -0.2) is 0 Å². The fraction of sp³-hybridized carbons (Fsp3) is 0.933. The maximum atomic E-state index is 9.44. The zero-order valence-corrected chi connectivity index (χ0v) is 12.1. The van der Waals surface area contributed by atoms with E-state index in [1.54, 1.807) is 0 Å². The van der Waals surface area contributed by atoms with Crippen molar-refractivity contribution < 1.29 is 9.90 Å². The molecule has 0 saturated heterocycles. The zero-order valence-electron chi connectivity index (χ0n) is 12.1. The Balaban J connectivity index is 0. The number of ketones is 1. The van der Waals surface area contributed by atoms with Crippen molar-refractivity contribution in [3.8, 4) is 0 Å². The molecule has 0 aromatic rings. The molecule has 0 amide bonds. The van der Waals surface area contributed by atoms with Crippen LogP contribution in [0.15, 0.2) is 0 Å². The summed E-state index contributed by atoms with van der Waals surface area (Å²) in [6, 6.07) is 0. The van der Waals surface area contributed by atoms with E-state index in [-0.39, 0.29) is 5.78 Å². The first-order valence-electron chi connectivity index (χ1n) is 7.23. The van der Waals surface area contributed by atoms with E-state index in [0.717, 1.165) is 6.42 Å². The molecule has 0 rings (SSSR count). The summed E-state index contributed by atoms with van der Waals surface area (Å²) < 4.78 is 0. The summed E-state index contributed by atoms with van der Waals surface area (Å²) >= 11 is 0. The minimum atomic E-state index is 0.167. The van der Waals surface area contributed by atoms with Crippen molar-refractivity contribution in [2.75, 3.05) is 6.61 Å². The van der Waals surface area contributed by atoms with E-state index in [2.05, 4.69) is 6.92 Å². The quantitative estimate of drug-likeness (QED) is 0.575. The molecule has 0 atom stereocenters. The van der Waals surface area contributed by atoms with Crippen LogP contribution in [0, 0.1) is 0 Å². The van der Waals surface area contributed by atoms with Crippen molar-refractivity contribution in [3.63, 3.8) is 0 Å². The molecule has 0 heterocycles. The maximum absolute atomic E-state index is 9.44. The molecule has 0 radical (unpaired) electrons. The summed E-state index contributed by atoms with van der Waals surface area (Å²) in [5, 5.41) is 8.57. The molecule has 0 aliphatic heterocycles. The Labute approximate surface area is 108 Å². The average Bonchev–Trinajstić information content (AvgIpc) is 2.26. The first-order valence-corrected chi connectivity index (χ1v) is 7.23. The third-order valence-electron chi connectivity index (χ3n) is 2.51. The summed E-state index contributed by atoms with van der Waals surface area (Å²) in [7, 11) is 0. The van der Waals surface area contributed by atoms with Crippen LogP contribution in [0.3, 0.4) is 0 Å². The van der Waals surface area contributed by atoms with Crippen molar-refractivity contribution in [1.29, 1.82) is 0 Å². The van der Waals surface area contributed by atoms with E-state index in [4.69, 9.17) is 5.11 Å². The minimum Gasteiger partial charge on any atom is -0.396 e. The first kappa shape index (κ1) is 19.0. The highest BCUT2D eigenvalue weighted by Crippen LogP contribution is 2.09. The second kappa shape index (κ2) is 18.0. The van der Waals surface area contributed by atoms with Gasteiger partial charge < -0.3 is 9.90 Å². The molecule has 0 bridgehead atoms. The van der Waals surface area contributed by atoms with Gasteiger partial charge in [-0.3, -0.25) is 0 Å². The van der Waals surface area contributed by atoms with Gasteiger partial charge in [0.15, 0.2) is 0 Å². The Morgan fingerprint density at radius 3 is 1.35 bits per heavy atom. The zero-order chi connectivity index (χ0) is 13.4. The van der Waals surface area contributed by atoms with Crippen LogP contribution < -0.4 is 0 Å². The van der Waals surface area contributed by atoms with Gasteiger partial charge in [0.05, 0.1) is 0 Å². The van der Waals surface area contributed by atoms with Gasteiger partial charge in [-0.15, -0.1) is 0 Å². The Morgan fingerprint density at radius 1 is 0.765 bits per heavy atom. The highest BCUT2D eigenvalue weighted by molar-refractivity contribution is 5.72. The van der Waals surface area contributed by atoms with Gasteiger partial charge in [0.25, 0.3) is 0 Å². The summed E-state index contributed by atoms with van der Waals surface area (Å²) in [6.07, 6.45) is 13.3. The van der Waals surface area contributed by atoms with E-state index in [9.17, 15) is 4.79 Å². The third-order valence-corrected chi connectivity index (χ3v) is 2.51. The topological polar surface area (TPSA) is 37.3 Å². The summed E-state index contributed by atoms with van der Waals surface area (Å²) in [5.41, 5.74) is 0. The Bertz CT molecular complexity index is 130. The maximum Gasteiger partial charge on any atom is 0.126 e. The molecule has 0 aromatic heterocycles. The van der Waals surface area contributed by atoms with E-state index in [1.165, 1.54) is 71.6 Å². The van der Waals surface area contributed by atoms with Crippen LogP contribution in [0.5, 0.6) is 0 Å². The Hall–Kier alpha value is -0.370. The van der Waals surface area contributed by atoms with Crippen LogP contribution in [-0.2, 0) is 4.79 Å². The van der Waals surface area contributed by atoms with Crippen molar-refractivity contribution in [1.82, 2.24) is 0 Å². The van der Waals surface area contributed by atoms with E-state index in [1.807, 2.05) is 0 Å². The number of hydrogen-bond acceptors (Lipinski definition) is 2. The van der Waals surface area contributed by atoms with E-state index >= 15 is 0 Å². The van der Waals surface area contributed by atoms with Crippen LogP contribution in [-0.4, -0.2) is 17.5 Å². The fourth-order valence-electron chi connectivity index (χ4n) is 1.60. The van der Waals surface area contributed by atoms with Crippen LogP contribution >= 0.6 is 0 Å². The molecule has 0 aromatic carbocycles. The van der Waals surface area contributed by atoms with Gasteiger partial charge in [-0.1, -0.05) is 64.7 Å². The monoisotopic (exact) mass is 244 g/mol. The standard InChI is InChI=1S/C12H26O.C3H6O/c1-2-3-4-5-6-7-8-9-10-11-12-13;1-3(2)4/h13H,2-12H2,1H3;1-2H3. The molecule has 2 heteroatoms. The average molecular weight is 244 g/mol. The number of unbranched alkanes of at least 4 members (excludes halogenated alkanes) is 9.